The van der Waals surface area contributed by atoms with Gasteiger partial charge in [0.05, 0.1) is 21.3 Å². The number of hydrogen-bond acceptors (Lipinski definition) is 5. The van der Waals surface area contributed by atoms with Gasteiger partial charge in [0, 0.05) is 31.3 Å². The van der Waals surface area contributed by atoms with Crippen molar-refractivity contribution in [1.82, 2.24) is 10.6 Å². The molecule has 2 aromatic carbocycles. The summed E-state index contributed by atoms with van der Waals surface area (Å²) in [6.45, 7) is 0.402. The molecule has 0 atom stereocenters. The molecule has 2 rings (SSSR count). The number of halogens is 3. The Balaban J connectivity index is 2.07. The highest BCUT2D eigenvalue weighted by molar-refractivity contribution is 5.79. The zero-order valence-corrected chi connectivity index (χ0v) is 17.1. The Labute approximate surface area is 172 Å². The first-order valence-corrected chi connectivity index (χ1v) is 8.89. The van der Waals surface area contributed by atoms with Gasteiger partial charge < -0.3 is 29.6 Å². The quantitative estimate of drug-likeness (QED) is 0.497. The Morgan fingerprint density at radius 1 is 0.833 bits per heavy atom. The van der Waals surface area contributed by atoms with E-state index in [1.807, 2.05) is 6.07 Å². The highest BCUT2D eigenvalue weighted by atomic mass is 19.4. The average Bonchev–Trinajstić information content (AvgIpc) is 2.72. The summed E-state index contributed by atoms with van der Waals surface area (Å²) in [6, 6.07) is 9.46. The van der Waals surface area contributed by atoms with Crippen molar-refractivity contribution in [2.45, 2.75) is 19.5 Å². The number of para-hydroxylation sites is 1. The van der Waals surface area contributed by atoms with Crippen LogP contribution in [0, 0.1) is 0 Å². The van der Waals surface area contributed by atoms with Crippen LogP contribution in [0.25, 0.3) is 0 Å². The van der Waals surface area contributed by atoms with E-state index in [1.54, 1.807) is 25.2 Å². The molecule has 0 saturated carbocycles. The maximum atomic E-state index is 12.6. The van der Waals surface area contributed by atoms with Crippen LogP contribution >= 0.6 is 0 Å². The predicted octanol–water partition coefficient (Wildman–Crippen LogP) is 3.48. The van der Waals surface area contributed by atoms with E-state index in [9.17, 15) is 13.2 Å². The summed E-state index contributed by atoms with van der Waals surface area (Å²) in [4.78, 5) is 4.09. The average molecular weight is 427 g/mol. The highest BCUT2D eigenvalue weighted by Gasteiger charge is 2.31. The van der Waals surface area contributed by atoms with Gasteiger partial charge in [-0.15, -0.1) is 13.2 Å². The summed E-state index contributed by atoms with van der Waals surface area (Å²) >= 11 is 0. The molecule has 0 bridgehead atoms. The maximum Gasteiger partial charge on any atom is 0.573 e. The molecule has 0 heterocycles. The Morgan fingerprint density at radius 2 is 1.47 bits per heavy atom. The van der Waals surface area contributed by atoms with Gasteiger partial charge >= 0.3 is 6.36 Å². The highest BCUT2D eigenvalue weighted by Crippen LogP contribution is 2.39. The smallest absolute Gasteiger partial charge is 0.493 e. The van der Waals surface area contributed by atoms with E-state index < -0.39 is 6.36 Å². The summed E-state index contributed by atoms with van der Waals surface area (Å²) in [7, 11) is 6.12. The number of hydrogen-bond donors (Lipinski definition) is 2. The lowest BCUT2D eigenvalue weighted by Crippen LogP contribution is -2.36. The van der Waals surface area contributed by atoms with Crippen LogP contribution in [0.15, 0.2) is 41.4 Å². The largest absolute Gasteiger partial charge is 0.573 e. The van der Waals surface area contributed by atoms with E-state index in [1.165, 1.54) is 33.5 Å². The number of alkyl halides is 3. The van der Waals surface area contributed by atoms with Crippen LogP contribution in [-0.2, 0) is 13.1 Å². The topological polar surface area (TPSA) is 73.3 Å². The number of benzene rings is 2. The van der Waals surface area contributed by atoms with E-state index in [4.69, 9.17) is 14.2 Å². The fraction of sp³-hybridized carbons (Fsp3) is 0.350. The van der Waals surface area contributed by atoms with Gasteiger partial charge in [-0.2, -0.15) is 0 Å². The lowest BCUT2D eigenvalue weighted by molar-refractivity contribution is -0.274. The maximum absolute atomic E-state index is 12.6. The minimum atomic E-state index is -4.76. The van der Waals surface area contributed by atoms with Crippen LogP contribution in [0.1, 0.15) is 11.1 Å². The molecule has 164 valence electrons. The number of guanidine groups is 1. The van der Waals surface area contributed by atoms with Crippen molar-refractivity contribution in [2.75, 3.05) is 28.4 Å². The van der Waals surface area contributed by atoms with Crippen molar-refractivity contribution in [3.8, 4) is 23.0 Å². The fourth-order valence-electron chi connectivity index (χ4n) is 2.76. The first-order valence-electron chi connectivity index (χ1n) is 8.89. The molecule has 0 fully saturated rings. The third-order valence-corrected chi connectivity index (χ3v) is 4.10. The number of rotatable bonds is 8. The lowest BCUT2D eigenvalue weighted by Gasteiger charge is -2.18. The zero-order chi connectivity index (χ0) is 22.1. The second kappa shape index (κ2) is 10.5. The molecule has 2 aromatic rings. The molecule has 0 radical (unpaired) electrons. The first-order chi connectivity index (χ1) is 14.3. The van der Waals surface area contributed by atoms with Crippen LogP contribution in [0.3, 0.4) is 0 Å². The monoisotopic (exact) mass is 427 g/mol. The minimum Gasteiger partial charge on any atom is -0.493 e. The van der Waals surface area contributed by atoms with Crippen molar-refractivity contribution >= 4 is 5.96 Å². The zero-order valence-electron chi connectivity index (χ0n) is 17.1. The van der Waals surface area contributed by atoms with Gasteiger partial charge in [0.15, 0.2) is 17.5 Å². The lowest BCUT2D eigenvalue weighted by atomic mass is 10.1. The van der Waals surface area contributed by atoms with Gasteiger partial charge in [-0.1, -0.05) is 18.2 Å². The van der Waals surface area contributed by atoms with Crippen molar-refractivity contribution in [2.24, 2.45) is 4.99 Å². The molecule has 0 aromatic heterocycles. The Bertz CT molecular complexity index is 873. The number of ether oxygens (including phenoxy) is 4. The standard InChI is InChI=1S/C20H24F3N3O4/c1-24-19(25-11-13-7-5-6-8-15(13)30-20(21,22)23)26-12-14-9-10-16(27-2)18(29-4)17(14)28-3/h5-10H,11-12H2,1-4H3,(H2,24,25,26). The fourth-order valence-corrected chi connectivity index (χ4v) is 2.76. The molecule has 0 unspecified atom stereocenters. The Morgan fingerprint density at radius 3 is 2.03 bits per heavy atom. The number of methoxy groups -OCH3 is 3. The third kappa shape index (κ3) is 6.10. The van der Waals surface area contributed by atoms with Gasteiger partial charge in [-0.3, -0.25) is 4.99 Å². The normalized spacial score (nSPS) is 11.6. The Hall–Kier alpha value is -3.30. The molecule has 0 aliphatic carbocycles. The van der Waals surface area contributed by atoms with Crippen molar-refractivity contribution in [3.63, 3.8) is 0 Å². The summed E-state index contributed by atoms with van der Waals surface area (Å²) < 4.78 is 57.8. The molecule has 30 heavy (non-hydrogen) atoms. The SMILES string of the molecule is CN=C(NCc1ccccc1OC(F)(F)F)NCc1ccc(OC)c(OC)c1OC. The molecule has 0 spiro atoms. The molecular formula is C20H24F3N3O4. The van der Waals surface area contributed by atoms with Gasteiger partial charge in [-0.25, -0.2) is 0 Å². The van der Waals surface area contributed by atoms with E-state index in [-0.39, 0.29) is 12.3 Å². The van der Waals surface area contributed by atoms with E-state index >= 15 is 0 Å². The second-order valence-corrected chi connectivity index (χ2v) is 5.93. The van der Waals surface area contributed by atoms with Gasteiger partial charge in [0.25, 0.3) is 0 Å². The predicted molar refractivity (Wildman–Crippen MR) is 106 cm³/mol. The van der Waals surface area contributed by atoms with Crippen LogP contribution in [0.4, 0.5) is 13.2 Å². The van der Waals surface area contributed by atoms with Crippen molar-refractivity contribution in [1.29, 1.82) is 0 Å². The number of aliphatic imine (C=N–C) groups is 1. The van der Waals surface area contributed by atoms with Gasteiger partial charge in [0.1, 0.15) is 5.75 Å². The van der Waals surface area contributed by atoms with Gasteiger partial charge in [-0.05, 0) is 18.2 Å². The summed E-state index contributed by atoms with van der Waals surface area (Å²) in [5.74, 6) is 1.61. The molecular weight excluding hydrogens is 403 g/mol. The van der Waals surface area contributed by atoms with E-state index in [0.717, 1.165) is 5.56 Å². The summed E-state index contributed by atoms with van der Waals surface area (Å²) in [6.07, 6.45) is -4.76. The first kappa shape index (κ1) is 23.0. The molecule has 0 aliphatic heterocycles. The third-order valence-electron chi connectivity index (χ3n) is 4.10. The number of nitrogens with zero attached hydrogens (tertiary/aromatic N) is 1. The molecule has 0 saturated heterocycles. The van der Waals surface area contributed by atoms with Crippen LogP contribution in [0.5, 0.6) is 23.0 Å². The molecule has 0 amide bonds. The minimum absolute atomic E-state index is 0.0784. The van der Waals surface area contributed by atoms with Crippen LogP contribution in [0.2, 0.25) is 0 Å². The van der Waals surface area contributed by atoms with Crippen molar-refractivity contribution < 1.29 is 32.1 Å². The van der Waals surface area contributed by atoms with Gasteiger partial charge in [0.2, 0.25) is 5.75 Å². The second-order valence-electron chi connectivity index (χ2n) is 5.93. The summed E-state index contributed by atoms with van der Waals surface area (Å²) in [5, 5.41) is 6.05. The van der Waals surface area contributed by atoms with Crippen LogP contribution < -0.4 is 29.6 Å². The van der Waals surface area contributed by atoms with Crippen molar-refractivity contribution in [3.05, 3.63) is 47.5 Å². The van der Waals surface area contributed by atoms with E-state index in [0.29, 0.717) is 35.3 Å². The molecule has 0 aliphatic rings. The van der Waals surface area contributed by atoms with Crippen LogP contribution in [-0.4, -0.2) is 40.7 Å². The van der Waals surface area contributed by atoms with E-state index in [2.05, 4.69) is 20.4 Å². The molecule has 2 N–H and O–H groups in total. The molecule has 7 nitrogen and oxygen atoms in total. The Kier molecular flexibility index (Phi) is 8.02. The number of nitrogens with one attached hydrogen (secondary N) is 2. The molecule has 10 heteroatoms. The summed E-state index contributed by atoms with van der Waals surface area (Å²) in [5.41, 5.74) is 1.11.